The van der Waals surface area contributed by atoms with Gasteiger partial charge < -0.3 is 4.90 Å². The molecule has 8 aromatic carbocycles. The molecule has 0 aliphatic heterocycles. The van der Waals surface area contributed by atoms with Crippen molar-refractivity contribution in [3.8, 4) is 22.3 Å². The summed E-state index contributed by atoms with van der Waals surface area (Å²) in [6.07, 6.45) is 0. The monoisotopic (exact) mass is 587 g/mol. The van der Waals surface area contributed by atoms with Crippen LogP contribution in [0, 0.1) is 0 Å². The van der Waals surface area contributed by atoms with Crippen LogP contribution in [-0.4, -0.2) is 0 Å². The van der Waals surface area contributed by atoms with E-state index in [1.165, 1.54) is 71.4 Å². The van der Waals surface area contributed by atoms with Crippen molar-refractivity contribution >= 4 is 49.4 Å². The molecule has 0 amide bonds. The first-order valence-electron chi connectivity index (χ1n) is 16.1. The van der Waals surface area contributed by atoms with E-state index in [4.69, 9.17) is 0 Å². The van der Waals surface area contributed by atoms with Gasteiger partial charge in [-0.1, -0.05) is 147 Å². The van der Waals surface area contributed by atoms with Crippen LogP contribution in [0.1, 0.15) is 25.0 Å². The van der Waals surface area contributed by atoms with E-state index in [1.807, 2.05) is 0 Å². The Hall–Kier alpha value is -5.66. The zero-order chi connectivity index (χ0) is 30.8. The standard InChI is InChI=1S/C45H33N/c1-45(2)41-19-11-10-16-37(41)40-29-35(26-27-42(40)45)46(34-24-22-31(23-25-34)30-12-4-3-5-13-30)43-28-33-21-20-32-14-6-7-15-36(32)44(33)39-18-9-8-17-38(39)43/h3-29H,1-2H3. The molecule has 0 heterocycles. The Balaban J connectivity index is 1.32. The second-order valence-electron chi connectivity index (χ2n) is 13.0. The molecule has 0 spiro atoms. The summed E-state index contributed by atoms with van der Waals surface area (Å²) in [5.74, 6) is 0. The van der Waals surface area contributed by atoms with E-state index < -0.39 is 0 Å². The Morgan fingerprint density at radius 3 is 1.85 bits per heavy atom. The van der Waals surface area contributed by atoms with Crippen LogP contribution in [0.15, 0.2) is 164 Å². The Morgan fingerprint density at radius 1 is 0.413 bits per heavy atom. The first kappa shape index (κ1) is 26.7. The molecule has 1 nitrogen and oxygen atoms in total. The van der Waals surface area contributed by atoms with Gasteiger partial charge in [-0.05, 0) is 90.6 Å². The second kappa shape index (κ2) is 10.2. The van der Waals surface area contributed by atoms with Gasteiger partial charge in [0, 0.05) is 22.2 Å². The van der Waals surface area contributed by atoms with Crippen LogP contribution >= 0.6 is 0 Å². The topological polar surface area (TPSA) is 3.24 Å². The van der Waals surface area contributed by atoms with Crippen molar-refractivity contribution in [1.82, 2.24) is 0 Å². The number of nitrogens with zero attached hydrogens (tertiary/aromatic N) is 1. The van der Waals surface area contributed by atoms with Crippen LogP contribution in [0.3, 0.4) is 0 Å². The summed E-state index contributed by atoms with van der Waals surface area (Å²) in [4.78, 5) is 2.46. The Bertz CT molecular complexity index is 2430. The van der Waals surface area contributed by atoms with Crippen LogP contribution in [0.2, 0.25) is 0 Å². The smallest absolute Gasteiger partial charge is 0.0546 e. The Kier molecular flexibility index (Phi) is 5.92. The summed E-state index contributed by atoms with van der Waals surface area (Å²) in [6.45, 7) is 4.69. The molecule has 0 fully saturated rings. The lowest BCUT2D eigenvalue weighted by atomic mass is 9.82. The van der Waals surface area contributed by atoms with Crippen LogP contribution in [0.5, 0.6) is 0 Å². The summed E-state index contributed by atoms with van der Waals surface area (Å²) in [6, 6.07) is 60.2. The number of hydrogen-bond acceptors (Lipinski definition) is 1. The molecule has 218 valence electrons. The van der Waals surface area contributed by atoms with E-state index in [1.54, 1.807) is 0 Å². The van der Waals surface area contributed by atoms with Crippen molar-refractivity contribution in [2.24, 2.45) is 0 Å². The van der Waals surface area contributed by atoms with Gasteiger partial charge in [0.1, 0.15) is 0 Å². The van der Waals surface area contributed by atoms with Crippen molar-refractivity contribution in [3.63, 3.8) is 0 Å². The quantitative estimate of drug-likeness (QED) is 0.185. The van der Waals surface area contributed by atoms with Gasteiger partial charge in [0.15, 0.2) is 0 Å². The molecule has 1 aliphatic rings. The summed E-state index contributed by atoms with van der Waals surface area (Å²) < 4.78 is 0. The third-order valence-electron chi connectivity index (χ3n) is 10.0. The molecular weight excluding hydrogens is 555 g/mol. The van der Waals surface area contributed by atoms with Gasteiger partial charge in [-0.25, -0.2) is 0 Å². The normalized spacial score (nSPS) is 13.2. The largest absolute Gasteiger partial charge is 0.310 e. The lowest BCUT2D eigenvalue weighted by molar-refractivity contribution is 0.660. The number of fused-ring (bicyclic) bond motifs is 8. The van der Waals surface area contributed by atoms with E-state index in [0.717, 1.165) is 11.4 Å². The predicted octanol–water partition coefficient (Wildman–Crippen LogP) is 12.6. The molecule has 0 aromatic heterocycles. The Labute approximate surface area is 270 Å². The highest BCUT2D eigenvalue weighted by atomic mass is 15.1. The fraction of sp³-hybridized carbons (Fsp3) is 0.0667. The van der Waals surface area contributed by atoms with Gasteiger partial charge >= 0.3 is 0 Å². The molecule has 0 bridgehead atoms. The molecular formula is C45H33N. The van der Waals surface area contributed by atoms with Crippen molar-refractivity contribution in [2.45, 2.75) is 19.3 Å². The van der Waals surface area contributed by atoms with Gasteiger partial charge in [-0.2, -0.15) is 0 Å². The highest BCUT2D eigenvalue weighted by molar-refractivity contribution is 6.23. The van der Waals surface area contributed by atoms with Gasteiger partial charge in [0.05, 0.1) is 5.69 Å². The van der Waals surface area contributed by atoms with Crippen molar-refractivity contribution in [3.05, 3.63) is 175 Å². The second-order valence-corrected chi connectivity index (χ2v) is 13.0. The third kappa shape index (κ3) is 4.02. The van der Waals surface area contributed by atoms with E-state index in [-0.39, 0.29) is 5.41 Å². The zero-order valence-electron chi connectivity index (χ0n) is 26.0. The third-order valence-corrected chi connectivity index (χ3v) is 10.0. The summed E-state index contributed by atoms with van der Waals surface area (Å²) >= 11 is 0. The number of hydrogen-bond donors (Lipinski definition) is 0. The SMILES string of the molecule is CC1(C)c2ccccc2-c2cc(N(c3ccc(-c4ccccc4)cc3)c3cc4ccc5ccccc5c4c4ccccc34)ccc21. The average molecular weight is 588 g/mol. The molecule has 0 unspecified atom stereocenters. The lowest BCUT2D eigenvalue weighted by Crippen LogP contribution is -2.15. The van der Waals surface area contributed by atoms with Gasteiger partial charge in [-0.3, -0.25) is 0 Å². The highest BCUT2D eigenvalue weighted by Gasteiger charge is 2.35. The van der Waals surface area contributed by atoms with Gasteiger partial charge in [-0.15, -0.1) is 0 Å². The van der Waals surface area contributed by atoms with Crippen LogP contribution in [-0.2, 0) is 5.41 Å². The summed E-state index contributed by atoms with van der Waals surface area (Å²) in [7, 11) is 0. The Morgan fingerprint density at radius 2 is 1.02 bits per heavy atom. The number of rotatable bonds is 4. The van der Waals surface area contributed by atoms with Crippen molar-refractivity contribution < 1.29 is 0 Å². The molecule has 46 heavy (non-hydrogen) atoms. The van der Waals surface area contributed by atoms with Crippen molar-refractivity contribution in [2.75, 3.05) is 4.90 Å². The van der Waals surface area contributed by atoms with Crippen LogP contribution in [0.4, 0.5) is 17.1 Å². The van der Waals surface area contributed by atoms with Crippen molar-refractivity contribution in [1.29, 1.82) is 0 Å². The summed E-state index contributed by atoms with van der Waals surface area (Å²) in [5, 5.41) is 7.61. The highest BCUT2D eigenvalue weighted by Crippen LogP contribution is 2.51. The first-order chi connectivity index (χ1) is 22.6. The lowest BCUT2D eigenvalue weighted by Gasteiger charge is -2.29. The molecule has 0 atom stereocenters. The minimum atomic E-state index is -0.0384. The maximum absolute atomic E-state index is 2.46. The number of benzene rings is 8. The molecule has 0 saturated carbocycles. The fourth-order valence-electron chi connectivity index (χ4n) is 7.75. The zero-order valence-corrected chi connectivity index (χ0v) is 26.0. The van der Waals surface area contributed by atoms with E-state index in [2.05, 4.69) is 183 Å². The van der Waals surface area contributed by atoms with Crippen LogP contribution in [0.25, 0.3) is 54.6 Å². The minimum Gasteiger partial charge on any atom is -0.310 e. The van der Waals surface area contributed by atoms with E-state index in [0.29, 0.717) is 0 Å². The first-order valence-corrected chi connectivity index (χ1v) is 16.1. The number of anilines is 3. The van der Waals surface area contributed by atoms with E-state index >= 15 is 0 Å². The van der Waals surface area contributed by atoms with Gasteiger partial charge in [0.25, 0.3) is 0 Å². The molecule has 1 aliphatic carbocycles. The predicted molar refractivity (Wildman–Crippen MR) is 197 cm³/mol. The molecule has 9 rings (SSSR count). The minimum absolute atomic E-state index is 0.0384. The van der Waals surface area contributed by atoms with Crippen LogP contribution < -0.4 is 4.90 Å². The maximum atomic E-state index is 2.46. The fourth-order valence-corrected chi connectivity index (χ4v) is 7.75. The van der Waals surface area contributed by atoms with E-state index in [9.17, 15) is 0 Å². The average Bonchev–Trinajstić information content (AvgIpc) is 3.34. The molecule has 0 N–H and O–H groups in total. The molecule has 8 aromatic rings. The molecule has 0 radical (unpaired) electrons. The molecule has 1 heteroatoms. The van der Waals surface area contributed by atoms with Gasteiger partial charge in [0.2, 0.25) is 0 Å². The summed E-state index contributed by atoms with van der Waals surface area (Å²) in [5.41, 5.74) is 11.3. The maximum Gasteiger partial charge on any atom is 0.0546 e. The molecule has 0 saturated heterocycles.